The Morgan fingerprint density at radius 1 is 1.11 bits per heavy atom. The van der Waals surface area contributed by atoms with Gasteiger partial charge in [0.25, 0.3) is 5.91 Å². The number of hydrogen-bond donors (Lipinski definition) is 1. The summed E-state index contributed by atoms with van der Waals surface area (Å²) in [5.74, 6) is -0.431. The second-order valence-electron chi connectivity index (χ2n) is 9.04. The van der Waals surface area contributed by atoms with Crippen LogP contribution in [0.2, 0.25) is 0 Å². The van der Waals surface area contributed by atoms with Gasteiger partial charge in [0.05, 0.1) is 31.7 Å². The van der Waals surface area contributed by atoms with Gasteiger partial charge in [-0.2, -0.15) is 0 Å². The number of carbonyl (C=O) groups excluding carboxylic acids is 2. The minimum Gasteiger partial charge on any atom is -0.503 e. The Morgan fingerprint density at radius 3 is 2.63 bits per heavy atom. The number of carbonyl (C=O) groups is 2. The quantitative estimate of drug-likeness (QED) is 0.250. The minimum absolute atomic E-state index is 0.0477. The molecule has 0 saturated heterocycles. The molecule has 2 heterocycles. The summed E-state index contributed by atoms with van der Waals surface area (Å²) in [5, 5.41) is 10.9. The molecule has 2 aromatic carbocycles. The topological polar surface area (TPSA) is 93.9 Å². The number of ether oxygens (including phenoxy) is 2. The average molecular weight is 516 g/mol. The SMILES string of the molecule is CCCCOc1ccc(C2C(C(=O)/C=C/c3ccccc3)=C(O)C(=O)N2CCCn2ccnc2)cc1OC. The van der Waals surface area contributed by atoms with E-state index >= 15 is 0 Å². The Hall–Kier alpha value is -4.33. The van der Waals surface area contributed by atoms with Crippen LogP contribution in [0.4, 0.5) is 0 Å². The second-order valence-corrected chi connectivity index (χ2v) is 9.04. The number of amides is 1. The van der Waals surface area contributed by atoms with E-state index in [1.807, 2.05) is 47.2 Å². The molecule has 1 aliphatic rings. The number of aliphatic hydroxyl groups excluding tert-OH is 1. The summed E-state index contributed by atoms with van der Waals surface area (Å²) in [6.07, 6.45) is 10.9. The molecule has 0 bridgehead atoms. The van der Waals surface area contributed by atoms with E-state index in [2.05, 4.69) is 11.9 Å². The molecule has 0 radical (unpaired) electrons. The third-order valence-electron chi connectivity index (χ3n) is 6.43. The largest absolute Gasteiger partial charge is 0.503 e. The Balaban J connectivity index is 1.65. The summed E-state index contributed by atoms with van der Waals surface area (Å²) in [6, 6.07) is 14.0. The number of rotatable bonds is 13. The predicted molar refractivity (Wildman–Crippen MR) is 145 cm³/mol. The fraction of sp³-hybridized carbons (Fsp3) is 0.300. The van der Waals surface area contributed by atoms with E-state index in [1.165, 1.54) is 6.08 Å². The summed E-state index contributed by atoms with van der Waals surface area (Å²) in [5.41, 5.74) is 1.54. The van der Waals surface area contributed by atoms with Crippen LogP contribution in [0.15, 0.2) is 84.7 Å². The number of hydrogen-bond acceptors (Lipinski definition) is 6. The highest BCUT2D eigenvalue weighted by molar-refractivity contribution is 6.14. The zero-order valence-corrected chi connectivity index (χ0v) is 21.7. The van der Waals surface area contributed by atoms with Crippen molar-refractivity contribution in [2.45, 2.75) is 38.8 Å². The van der Waals surface area contributed by atoms with Gasteiger partial charge in [-0.25, -0.2) is 4.98 Å². The van der Waals surface area contributed by atoms with Crippen LogP contribution in [0.5, 0.6) is 11.5 Å². The molecule has 4 rings (SSSR count). The third kappa shape index (κ3) is 6.14. The highest BCUT2D eigenvalue weighted by atomic mass is 16.5. The van der Waals surface area contributed by atoms with Crippen molar-refractivity contribution < 1.29 is 24.2 Å². The van der Waals surface area contributed by atoms with Crippen molar-refractivity contribution >= 4 is 17.8 Å². The monoisotopic (exact) mass is 515 g/mol. The number of aliphatic hydroxyl groups is 1. The highest BCUT2D eigenvalue weighted by Crippen LogP contribution is 2.41. The van der Waals surface area contributed by atoms with E-state index in [0.717, 1.165) is 18.4 Å². The van der Waals surface area contributed by atoms with E-state index in [1.54, 1.807) is 42.7 Å². The summed E-state index contributed by atoms with van der Waals surface area (Å²) in [7, 11) is 1.55. The molecule has 3 aromatic rings. The maximum absolute atomic E-state index is 13.4. The van der Waals surface area contributed by atoms with Crippen LogP contribution < -0.4 is 9.47 Å². The Morgan fingerprint density at radius 2 is 1.92 bits per heavy atom. The van der Waals surface area contributed by atoms with E-state index in [9.17, 15) is 14.7 Å². The Bertz CT molecular complexity index is 1300. The van der Waals surface area contributed by atoms with Crippen LogP contribution in [-0.4, -0.2) is 51.5 Å². The standard InChI is InChI=1S/C30H33N3O5/c1-3-4-19-38-25-14-12-23(20-26(25)37-2)28-27(24(34)13-11-22-9-6-5-7-10-22)29(35)30(36)33(28)17-8-16-32-18-15-31-21-32/h5-7,9-15,18,20-21,28,35H,3-4,8,16-17,19H2,1-2H3/b13-11+. The van der Waals surface area contributed by atoms with Crippen LogP contribution in [0, 0.1) is 0 Å². The maximum atomic E-state index is 13.4. The number of unbranched alkanes of at least 4 members (excludes halogenated alkanes) is 1. The molecule has 1 N–H and O–H groups in total. The first-order valence-corrected chi connectivity index (χ1v) is 12.8. The molecule has 1 aliphatic heterocycles. The molecule has 0 fully saturated rings. The average Bonchev–Trinajstić information content (AvgIpc) is 3.55. The normalized spacial score (nSPS) is 15.5. The van der Waals surface area contributed by atoms with Gasteiger partial charge in [0, 0.05) is 25.5 Å². The summed E-state index contributed by atoms with van der Waals surface area (Å²) < 4.78 is 13.4. The van der Waals surface area contributed by atoms with Crippen molar-refractivity contribution in [3.05, 3.63) is 95.8 Å². The first-order valence-electron chi connectivity index (χ1n) is 12.8. The first-order chi connectivity index (χ1) is 18.5. The fourth-order valence-corrected chi connectivity index (χ4v) is 4.45. The van der Waals surface area contributed by atoms with E-state index in [0.29, 0.717) is 43.2 Å². The number of aryl methyl sites for hydroxylation is 1. The molecular weight excluding hydrogens is 482 g/mol. The predicted octanol–water partition coefficient (Wildman–Crippen LogP) is 5.14. The van der Waals surface area contributed by atoms with Crippen molar-refractivity contribution in [1.29, 1.82) is 0 Å². The molecule has 8 nitrogen and oxygen atoms in total. The van der Waals surface area contributed by atoms with Crippen LogP contribution in [-0.2, 0) is 16.1 Å². The zero-order chi connectivity index (χ0) is 26.9. The van der Waals surface area contributed by atoms with Crippen molar-refractivity contribution in [1.82, 2.24) is 14.5 Å². The van der Waals surface area contributed by atoms with Crippen LogP contribution in [0.3, 0.4) is 0 Å². The van der Waals surface area contributed by atoms with Crippen molar-refractivity contribution in [2.24, 2.45) is 0 Å². The summed E-state index contributed by atoms with van der Waals surface area (Å²) in [6.45, 7) is 3.62. The van der Waals surface area contributed by atoms with E-state index in [-0.39, 0.29) is 5.57 Å². The molecule has 0 aliphatic carbocycles. The fourth-order valence-electron chi connectivity index (χ4n) is 4.45. The van der Waals surface area contributed by atoms with E-state index in [4.69, 9.17) is 9.47 Å². The molecular formula is C30H33N3O5. The molecule has 1 unspecified atom stereocenters. The highest BCUT2D eigenvalue weighted by Gasteiger charge is 2.42. The number of nitrogens with zero attached hydrogens (tertiary/aromatic N) is 3. The Labute approximate surface area is 222 Å². The van der Waals surface area contributed by atoms with Gasteiger partial charge in [-0.3, -0.25) is 9.59 Å². The first kappa shape index (κ1) is 26.7. The lowest BCUT2D eigenvalue weighted by atomic mass is 9.95. The number of benzene rings is 2. The number of imidazole rings is 1. The summed E-state index contributed by atoms with van der Waals surface area (Å²) >= 11 is 0. The Kier molecular flexibility index (Phi) is 8.98. The molecule has 0 saturated carbocycles. The van der Waals surface area contributed by atoms with E-state index < -0.39 is 23.5 Å². The number of ketones is 1. The van der Waals surface area contributed by atoms with Gasteiger partial charge in [-0.1, -0.05) is 55.8 Å². The van der Waals surface area contributed by atoms with Crippen LogP contribution >= 0.6 is 0 Å². The van der Waals surface area contributed by atoms with Gasteiger partial charge >= 0.3 is 0 Å². The molecule has 1 atom stereocenters. The van der Waals surface area contributed by atoms with Crippen molar-refractivity contribution in [3.63, 3.8) is 0 Å². The lowest BCUT2D eigenvalue weighted by molar-refractivity contribution is -0.129. The second kappa shape index (κ2) is 12.8. The third-order valence-corrected chi connectivity index (χ3v) is 6.43. The zero-order valence-electron chi connectivity index (χ0n) is 21.7. The number of methoxy groups -OCH3 is 1. The molecule has 0 spiro atoms. The van der Waals surface area contributed by atoms with Crippen LogP contribution in [0.1, 0.15) is 43.4 Å². The van der Waals surface area contributed by atoms with Gasteiger partial charge < -0.3 is 24.0 Å². The van der Waals surface area contributed by atoms with Crippen LogP contribution in [0.25, 0.3) is 6.08 Å². The molecule has 1 amide bonds. The lowest BCUT2D eigenvalue weighted by Crippen LogP contribution is -2.32. The summed E-state index contributed by atoms with van der Waals surface area (Å²) in [4.78, 5) is 32.2. The smallest absolute Gasteiger partial charge is 0.290 e. The van der Waals surface area contributed by atoms with Gasteiger partial charge in [-0.15, -0.1) is 0 Å². The maximum Gasteiger partial charge on any atom is 0.290 e. The molecule has 8 heteroatoms. The lowest BCUT2D eigenvalue weighted by Gasteiger charge is -2.27. The van der Waals surface area contributed by atoms with Gasteiger partial charge in [-0.05, 0) is 42.2 Å². The molecule has 198 valence electrons. The van der Waals surface area contributed by atoms with Crippen molar-refractivity contribution in [3.8, 4) is 11.5 Å². The number of aromatic nitrogens is 2. The van der Waals surface area contributed by atoms with Gasteiger partial charge in [0.2, 0.25) is 0 Å². The number of allylic oxidation sites excluding steroid dienone is 1. The molecule has 1 aromatic heterocycles. The molecule has 38 heavy (non-hydrogen) atoms. The van der Waals surface area contributed by atoms with Gasteiger partial charge in [0.1, 0.15) is 0 Å². The van der Waals surface area contributed by atoms with Crippen molar-refractivity contribution in [2.75, 3.05) is 20.3 Å². The minimum atomic E-state index is -0.767. The van der Waals surface area contributed by atoms with Gasteiger partial charge in [0.15, 0.2) is 23.0 Å².